The van der Waals surface area contributed by atoms with E-state index in [2.05, 4.69) is 49.7 Å². The van der Waals surface area contributed by atoms with Crippen molar-refractivity contribution in [1.82, 2.24) is 10.6 Å². The van der Waals surface area contributed by atoms with Crippen molar-refractivity contribution < 1.29 is 4.79 Å². The van der Waals surface area contributed by atoms with Crippen molar-refractivity contribution in [1.29, 1.82) is 0 Å². The molecule has 2 atom stereocenters. The fourth-order valence-electron chi connectivity index (χ4n) is 2.63. The summed E-state index contributed by atoms with van der Waals surface area (Å²) in [5, 5.41) is 9.24. The molecule has 1 saturated carbocycles. The molecule has 0 heterocycles. The fraction of sp³-hybridized carbons (Fsp3) is 0.588. The lowest BCUT2D eigenvalue weighted by atomic mass is 10.1. The number of rotatable bonds is 6. The highest BCUT2D eigenvalue weighted by molar-refractivity contribution is 5.89. The molecule has 2 rings (SSSR count). The highest BCUT2D eigenvalue weighted by atomic mass is 16.2. The van der Waals surface area contributed by atoms with Crippen LogP contribution in [0.3, 0.4) is 0 Å². The predicted molar refractivity (Wildman–Crippen MR) is 87.4 cm³/mol. The van der Waals surface area contributed by atoms with Gasteiger partial charge in [0.2, 0.25) is 0 Å². The summed E-state index contributed by atoms with van der Waals surface area (Å²) in [6.45, 7) is 10.4. The van der Waals surface area contributed by atoms with Gasteiger partial charge in [0.05, 0.1) is 0 Å². The smallest absolute Gasteiger partial charge is 0.319 e. The van der Waals surface area contributed by atoms with Gasteiger partial charge in [-0.05, 0) is 48.9 Å². The van der Waals surface area contributed by atoms with Crippen LogP contribution in [0.2, 0.25) is 0 Å². The zero-order chi connectivity index (χ0) is 15.5. The topological polar surface area (TPSA) is 53.2 Å². The third-order valence-corrected chi connectivity index (χ3v) is 4.38. The minimum atomic E-state index is -0.119. The molecule has 4 nitrogen and oxygen atoms in total. The van der Waals surface area contributed by atoms with E-state index in [9.17, 15) is 4.79 Å². The third kappa shape index (κ3) is 4.46. The van der Waals surface area contributed by atoms with Gasteiger partial charge in [-0.15, -0.1) is 0 Å². The number of anilines is 1. The normalized spacial score (nSPS) is 20.7. The second-order valence-electron chi connectivity index (χ2n) is 6.63. The number of carbonyl (C=O) groups is 1. The quantitative estimate of drug-likeness (QED) is 0.750. The second kappa shape index (κ2) is 6.48. The first kappa shape index (κ1) is 15.8. The van der Waals surface area contributed by atoms with Crippen molar-refractivity contribution in [3.63, 3.8) is 0 Å². The van der Waals surface area contributed by atoms with E-state index in [0.29, 0.717) is 11.3 Å². The summed E-state index contributed by atoms with van der Waals surface area (Å²) < 4.78 is 0. The maximum atomic E-state index is 11.9. The maximum Gasteiger partial charge on any atom is 0.319 e. The van der Waals surface area contributed by atoms with Crippen LogP contribution in [0.1, 0.15) is 45.7 Å². The minimum Gasteiger partial charge on any atom is -0.338 e. The van der Waals surface area contributed by atoms with Crippen LogP contribution in [-0.2, 0) is 0 Å². The van der Waals surface area contributed by atoms with Gasteiger partial charge in [-0.2, -0.15) is 0 Å². The molecule has 0 aromatic heterocycles. The number of nitrogens with one attached hydrogen (secondary N) is 3. The molecule has 1 aliphatic rings. The first-order chi connectivity index (χ1) is 9.92. The minimum absolute atomic E-state index is 0.119. The first-order valence-electron chi connectivity index (χ1n) is 7.80. The molecule has 0 aliphatic heterocycles. The van der Waals surface area contributed by atoms with Gasteiger partial charge in [0.1, 0.15) is 0 Å². The molecule has 1 aromatic rings. The van der Waals surface area contributed by atoms with E-state index in [1.54, 1.807) is 0 Å². The Labute approximate surface area is 127 Å². The average molecular weight is 289 g/mol. The van der Waals surface area contributed by atoms with Gasteiger partial charge in [-0.25, -0.2) is 4.79 Å². The van der Waals surface area contributed by atoms with Crippen LogP contribution in [0.5, 0.6) is 0 Å². The van der Waals surface area contributed by atoms with Gasteiger partial charge in [0, 0.05) is 18.3 Å². The summed E-state index contributed by atoms with van der Waals surface area (Å²) in [6.07, 6.45) is 1.20. The van der Waals surface area contributed by atoms with E-state index in [0.717, 1.165) is 18.8 Å². The third-order valence-electron chi connectivity index (χ3n) is 4.38. The molecule has 1 aromatic carbocycles. The summed E-state index contributed by atoms with van der Waals surface area (Å²) in [4.78, 5) is 11.9. The number of hydrogen-bond acceptors (Lipinski definition) is 2. The largest absolute Gasteiger partial charge is 0.338 e. The molecular weight excluding hydrogens is 262 g/mol. The van der Waals surface area contributed by atoms with Crippen molar-refractivity contribution in [2.75, 3.05) is 18.4 Å². The van der Waals surface area contributed by atoms with Gasteiger partial charge < -0.3 is 16.0 Å². The molecule has 116 valence electrons. The molecule has 0 radical (unpaired) electrons. The van der Waals surface area contributed by atoms with Crippen LogP contribution in [0.25, 0.3) is 0 Å². The molecule has 4 heteroatoms. The van der Waals surface area contributed by atoms with Gasteiger partial charge in [-0.1, -0.05) is 32.9 Å². The summed E-state index contributed by atoms with van der Waals surface area (Å²) in [6, 6.07) is 8.15. The van der Waals surface area contributed by atoms with Crippen LogP contribution in [0.4, 0.5) is 10.5 Å². The number of carbonyl (C=O) groups excluding carboxylic acids is 1. The lowest BCUT2D eigenvalue weighted by Gasteiger charge is -2.14. The monoisotopic (exact) mass is 289 g/mol. The van der Waals surface area contributed by atoms with Crippen LogP contribution in [-0.4, -0.2) is 19.1 Å². The Bertz CT molecular complexity index is 499. The molecule has 21 heavy (non-hydrogen) atoms. The first-order valence-corrected chi connectivity index (χ1v) is 7.80. The van der Waals surface area contributed by atoms with Crippen LogP contribution in [0, 0.1) is 11.3 Å². The molecule has 1 fully saturated rings. The predicted octanol–water partition coefficient (Wildman–Crippen LogP) is 3.52. The molecule has 0 spiro atoms. The van der Waals surface area contributed by atoms with E-state index in [-0.39, 0.29) is 12.1 Å². The van der Waals surface area contributed by atoms with Crippen molar-refractivity contribution >= 4 is 11.7 Å². The Morgan fingerprint density at radius 3 is 2.76 bits per heavy atom. The van der Waals surface area contributed by atoms with Gasteiger partial charge in [-0.3, -0.25) is 0 Å². The molecule has 0 bridgehead atoms. The van der Waals surface area contributed by atoms with E-state index >= 15 is 0 Å². The summed E-state index contributed by atoms with van der Waals surface area (Å²) in [7, 11) is 0. The lowest BCUT2D eigenvalue weighted by Crippen LogP contribution is -2.31. The molecule has 2 amide bonds. The number of benzene rings is 1. The maximum absolute atomic E-state index is 11.9. The van der Waals surface area contributed by atoms with E-state index in [1.165, 1.54) is 12.0 Å². The fourth-order valence-corrected chi connectivity index (χ4v) is 2.63. The highest BCUT2D eigenvalue weighted by Crippen LogP contribution is 2.50. The summed E-state index contributed by atoms with van der Waals surface area (Å²) in [5.74, 6) is 0.614. The Morgan fingerprint density at radius 1 is 1.43 bits per heavy atom. The van der Waals surface area contributed by atoms with E-state index in [4.69, 9.17) is 0 Å². The van der Waals surface area contributed by atoms with Crippen LogP contribution in [0.15, 0.2) is 24.3 Å². The standard InChI is InChI=1S/C17H27N3O/c1-5-18-12(2)13-7-6-8-15(9-13)20-16(21)19-11-14-10-17(14,3)4/h6-9,12,14,18H,5,10-11H2,1-4H3,(H2,19,20,21). The van der Waals surface area contributed by atoms with Crippen molar-refractivity contribution in [2.24, 2.45) is 11.3 Å². The Morgan fingerprint density at radius 2 is 2.14 bits per heavy atom. The molecule has 3 N–H and O–H groups in total. The molecular formula is C17H27N3O. The summed E-state index contributed by atoms with van der Waals surface area (Å²) >= 11 is 0. The van der Waals surface area contributed by atoms with Crippen molar-refractivity contribution in [3.8, 4) is 0 Å². The van der Waals surface area contributed by atoms with Gasteiger partial charge >= 0.3 is 6.03 Å². The number of urea groups is 1. The van der Waals surface area contributed by atoms with E-state index in [1.807, 2.05) is 18.2 Å². The lowest BCUT2D eigenvalue weighted by molar-refractivity contribution is 0.251. The average Bonchev–Trinajstić information content (AvgIpc) is 3.05. The molecule has 0 saturated heterocycles. The second-order valence-corrected chi connectivity index (χ2v) is 6.63. The van der Waals surface area contributed by atoms with Crippen LogP contribution >= 0.6 is 0 Å². The zero-order valence-corrected chi connectivity index (χ0v) is 13.5. The SMILES string of the molecule is CCNC(C)c1cccc(NC(=O)NCC2CC2(C)C)c1. The van der Waals surface area contributed by atoms with Crippen LogP contribution < -0.4 is 16.0 Å². The zero-order valence-electron chi connectivity index (χ0n) is 13.5. The Kier molecular flexibility index (Phi) is 4.88. The molecule has 1 aliphatic carbocycles. The highest BCUT2D eigenvalue weighted by Gasteiger charge is 2.45. The summed E-state index contributed by atoms with van der Waals surface area (Å²) in [5.41, 5.74) is 2.41. The Hall–Kier alpha value is -1.55. The number of hydrogen-bond donors (Lipinski definition) is 3. The van der Waals surface area contributed by atoms with E-state index < -0.39 is 0 Å². The van der Waals surface area contributed by atoms with Gasteiger partial charge in [0.25, 0.3) is 0 Å². The van der Waals surface area contributed by atoms with Gasteiger partial charge in [0.15, 0.2) is 0 Å². The van der Waals surface area contributed by atoms with Crippen molar-refractivity contribution in [3.05, 3.63) is 29.8 Å². The molecule has 2 unspecified atom stereocenters. The Balaban J connectivity index is 1.84. The van der Waals surface area contributed by atoms with Crippen molar-refractivity contribution in [2.45, 2.75) is 40.2 Å². The number of amides is 2.